The Balaban J connectivity index is 2.02. The molecular weight excluding hydrogens is 220 g/mol. The Morgan fingerprint density at radius 1 is 1.35 bits per heavy atom. The molecule has 1 rings (SSSR count). The molecule has 17 heavy (non-hydrogen) atoms. The molecule has 0 saturated carbocycles. The normalized spacial score (nSPS) is 9.65. The first kappa shape index (κ1) is 13.1. The third-order valence-electron chi connectivity index (χ3n) is 1.98. The highest BCUT2D eigenvalue weighted by Crippen LogP contribution is 2.04. The number of nitrogens with one attached hydrogen (secondary N) is 2. The van der Waals surface area contributed by atoms with Gasteiger partial charge in [-0.15, -0.1) is 0 Å². The van der Waals surface area contributed by atoms with Gasteiger partial charge in [-0.3, -0.25) is 10.3 Å². The highest BCUT2D eigenvalue weighted by molar-refractivity contribution is 5.84. The number of benzene rings is 1. The van der Waals surface area contributed by atoms with E-state index in [1.165, 1.54) is 0 Å². The molecule has 0 aliphatic carbocycles. The van der Waals surface area contributed by atoms with Crippen LogP contribution < -0.4 is 10.8 Å². The first-order valence-corrected chi connectivity index (χ1v) is 5.29. The number of hydrogen-bond acceptors (Lipinski definition) is 4. The summed E-state index contributed by atoms with van der Waals surface area (Å²) in [5.74, 6) is -1.12. The average Bonchev–Trinajstić information content (AvgIpc) is 2.34. The number of rotatable bonds is 8. The van der Waals surface area contributed by atoms with Gasteiger partial charge in [-0.1, -0.05) is 24.8 Å². The molecule has 0 unspecified atom stereocenters. The van der Waals surface area contributed by atoms with Crippen LogP contribution in [0.4, 0.5) is 5.69 Å². The molecule has 0 aliphatic heterocycles. The first-order chi connectivity index (χ1) is 8.20. The fraction of sp³-hybridized carbons (Fsp3) is 0.250. The third-order valence-corrected chi connectivity index (χ3v) is 1.98. The Kier molecular flexibility index (Phi) is 5.60. The number of aliphatic carboxylic acids is 1. The van der Waals surface area contributed by atoms with Crippen LogP contribution in [-0.4, -0.2) is 24.2 Å². The van der Waals surface area contributed by atoms with Gasteiger partial charge in [0.2, 0.25) is 0 Å². The van der Waals surface area contributed by atoms with Gasteiger partial charge in [0.15, 0.2) is 0 Å². The van der Waals surface area contributed by atoms with E-state index in [4.69, 9.17) is 9.94 Å². The summed E-state index contributed by atoms with van der Waals surface area (Å²) in [6.07, 6.45) is 0.759. The molecule has 0 saturated heterocycles. The topological polar surface area (TPSA) is 70.6 Å². The van der Waals surface area contributed by atoms with Crippen molar-refractivity contribution in [2.45, 2.75) is 6.42 Å². The van der Waals surface area contributed by atoms with E-state index in [0.717, 1.165) is 18.7 Å². The van der Waals surface area contributed by atoms with Gasteiger partial charge in [-0.05, 0) is 18.6 Å². The van der Waals surface area contributed by atoms with E-state index in [1.54, 1.807) is 0 Å². The lowest BCUT2D eigenvalue weighted by atomic mass is 10.3. The number of carbonyl (C=O) groups is 1. The van der Waals surface area contributed by atoms with E-state index in [2.05, 4.69) is 17.4 Å². The Bertz CT molecular complexity index is 365. The summed E-state index contributed by atoms with van der Waals surface area (Å²) in [5, 5.41) is 11.7. The zero-order valence-corrected chi connectivity index (χ0v) is 9.48. The van der Waals surface area contributed by atoms with Gasteiger partial charge in [0.05, 0.1) is 6.61 Å². The molecule has 1 aromatic carbocycles. The summed E-state index contributed by atoms with van der Waals surface area (Å²) < 4.78 is 0. The van der Waals surface area contributed by atoms with E-state index >= 15 is 0 Å². The van der Waals surface area contributed by atoms with Gasteiger partial charge in [0.25, 0.3) is 0 Å². The zero-order valence-electron chi connectivity index (χ0n) is 9.48. The van der Waals surface area contributed by atoms with Crippen LogP contribution in [0.15, 0.2) is 42.6 Å². The minimum atomic E-state index is -1.12. The fourth-order valence-corrected chi connectivity index (χ4v) is 1.11. The van der Waals surface area contributed by atoms with E-state index in [1.807, 2.05) is 30.3 Å². The Hall–Kier alpha value is -2.01. The smallest absolute Gasteiger partial charge is 0.353 e. The lowest BCUT2D eigenvalue weighted by Crippen LogP contribution is -2.21. The predicted octanol–water partition coefficient (Wildman–Crippen LogP) is 1.61. The van der Waals surface area contributed by atoms with Gasteiger partial charge >= 0.3 is 5.97 Å². The van der Waals surface area contributed by atoms with Crippen molar-refractivity contribution < 1.29 is 14.7 Å². The monoisotopic (exact) mass is 236 g/mol. The summed E-state index contributed by atoms with van der Waals surface area (Å²) >= 11 is 0. The van der Waals surface area contributed by atoms with E-state index in [0.29, 0.717) is 6.61 Å². The van der Waals surface area contributed by atoms with E-state index < -0.39 is 5.97 Å². The maximum absolute atomic E-state index is 10.3. The third kappa shape index (κ3) is 5.58. The molecule has 0 fully saturated rings. The highest BCUT2D eigenvalue weighted by atomic mass is 16.6. The molecular formula is C12H16N2O3. The zero-order chi connectivity index (χ0) is 12.5. The van der Waals surface area contributed by atoms with Crippen molar-refractivity contribution in [2.75, 3.05) is 18.5 Å². The Labute approximate surface area is 100 Å². The van der Waals surface area contributed by atoms with Crippen molar-refractivity contribution >= 4 is 11.7 Å². The van der Waals surface area contributed by atoms with Gasteiger partial charge in [-0.25, -0.2) is 4.79 Å². The molecule has 5 nitrogen and oxygen atoms in total. The number of anilines is 1. The van der Waals surface area contributed by atoms with Crippen LogP contribution in [0, 0.1) is 0 Å². The molecule has 0 heterocycles. The SMILES string of the molecule is C=C(NOCCCNc1ccccc1)C(=O)O. The van der Waals surface area contributed by atoms with Crippen LogP contribution >= 0.6 is 0 Å². The van der Waals surface area contributed by atoms with Crippen molar-refractivity contribution in [3.8, 4) is 0 Å². The van der Waals surface area contributed by atoms with E-state index in [9.17, 15) is 4.79 Å². The van der Waals surface area contributed by atoms with Gasteiger partial charge < -0.3 is 10.4 Å². The van der Waals surface area contributed by atoms with Crippen molar-refractivity contribution in [2.24, 2.45) is 0 Å². The molecule has 0 aliphatic rings. The van der Waals surface area contributed by atoms with Crippen LogP contribution in [0.2, 0.25) is 0 Å². The van der Waals surface area contributed by atoms with Crippen LogP contribution in [-0.2, 0) is 9.63 Å². The van der Waals surface area contributed by atoms with Crippen LogP contribution in [0.1, 0.15) is 6.42 Å². The Morgan fingerprint density at radius 3 is 2.71 bits per heavy atom. The molecule has 0 bridgehead atoms. The van der Waals surface area contributed by atoms with E-state index in [-0.39, 0.29) is 5.70 Å². The predicted molar refractivity (Wildman–Crippen MR) is 65.4 cm³/mol. The summed E-state index contributed by atoms with van der Waals surface area (Å²) in [4.78, 5) is 15.3. The average molecular weight is 236 g/mol. The van der Waals surface area contributed by atoms with Gasteiger partial charge in [0.1, 0.15) is 5.70 Å². The van der Waals surface area contributed by atoms with Gasteiger partial charge in [0, 0.05) is 12.2 Å². The summed E-state index contributed by atoms with van der Waals surface area (Å²) in [6.45, 7) is 4.43. The minimum Gasteiger partial charge on any atom is -0.477 e. The maximum atomic E-state index is 10.3. The molecule has 0 spiro atoms. The second-order valence-electron chi connectivity index (χ2n) is 3.38. The molecule has 5 heteroatoms. The first-order valence-electron chi connectivity index (χ1n) is 5.29. The molecule has 0 aromatic heterocycles. The van der Waals surface area contributed by atoms with Crippen molar-refractivity contribution in [3.05, 3.63) is 42.6 Å². The fourth-order valence-electron chi connectivity index (χ4n) is 1.11. The number of hydrogen-bond donors (Lipinski definition) is 3. The standard InChI is InChI=1S/C12H16N2O3/c1-10(12(15)16)14-17-9-5-8-13-11-6-3-2-4-7-11/h2-4,6-7,13-14H,1,5,8-9H2,(H,15,16). The Morgan fingerprint density at radius 2 is 2.06 bits per heavy atom. The lowest BCUT2D eigenvalue weighted by Gasteiger charge is -2.07. The summed E-state index contributed by atoms with van der Waals surface area (Å²) in [6, 6.07) is 9.82. The lowest BCUT2D eigenvalue weighted by molar-refractivity contribution is -0.134. The molecule has 1 aromatic rings. The quantitative estimate of drug-likeness (QED) is 0.363. The second kappa shape index (κ2) is 7.29. The number of para-hydroxylation sites is 1. The highest BCUT2D eigenvalue weighted by Gasteiger charge is 2.01. The largest absolute Gasteiger partial charge is 0.477 e. The van der Waals surface area contributed by atoms with Crippen molar-refractivity contribution in [3.63, 3.8) is 0 Å². The van der Waals surface area contributed by atoms with Crippen LogP contribution in [0.5, 0.6) is 0 Å². The number of hydroxylamine groups is 1. The molecule has 0 radical (unpaired) electrons. The van der Waals surface area contributed by atoms with Crippen LogP contribution in [0.25, 0.3) is 0 Å². The number of carboxylic acid groups (broad SMARTS) is 1. The summed E-state index contributed by atoms with van der Waals surface area (Å²) in [5.41, 5.74) is 3.14. The second-order valence-corrected chi connectivity index (χ2v) is 3.38. The van der Waals surface area contributed by atoms with Crippen molar-refractivity contribution in [1.82, 2.24) is 5.48 Å². The maximum Gasteiger partial charge on any atom is 0.353 e. The minimum absolute atomic E-state index is 0.166. The summed E-state index contributed by atoms with van der Waals surface area (Å²) in [7, 11) is 0. The van der Waals surface area contributed by atoms with Gasteiger partial charge in [-0.2, -0.15) is 0 Å². The van der Waals surface area contributed by atoms with Crippen molar-refractivity contribution in [1.29, 1.82) is 0 Å². The molecule has 3 N–H and O–H groups in total. The number of carboxylic acids is 1. The molecule has 92 valence electrons. The molecule has 0 amide bonds. The molecule has 0 atom stereocenters. The van der Waals surface area contributed by atoms with Crippen LogP contribution in [0.3, 0.4) is 0 Å².